The number of carbonyl (C=O) groups excluding carboxylic acids is 2. The summed E-state index contributed by atoms with van der Waals surface area (Å²) in [5.41, 5.74) is 7.71. The Morgan fingerprint density at radius 3 is 2.41 bits per heavy atom. The molecule has 0 atom stereocenters. The molecule has 1 fully saturated rings. The molecule has 0 aliphatic carbocycles. The van der Waals surface area contributed by atoms with Crippen LogP contribution in [-0.2, 0) is 11.3 Å². The van der Waals surface area contributed by atoms with Crippen molar-refractivity contribution in [3.8, 4) is 5.75 Å². The molecule has 2 aromatic carbocycles. The van der Waals surface area contributed by atoms with Gasteiger partial charge in [-0.2, -0.15) is 0 Å². The van der Waals surface area contributed by atoms with Crippen LogP contribution < -0.4 is 26.0 Å². The van der Waals surface area contributed by atoms with Crippen molar-refractivity contribution in [2.75, 3.05) is 51.8 Å². The van der Waals surface area contributed by atoms with Gasteiger partial charge in [-0.05, 0) is 29.8 Å². The van der Waals surface area contributed by atoms with Crippen LogP contribution in [0.25, 0.3) is 0 Å². The maximum Gasteiger partial charge on any atom is 0.251 e. The van der Waals surface area contributed by atoms with E-state index in [1.54, 1.807) is 26.3 Å². The van der Waals surface area contributed by atoms with Crippen LogP contribution in [-0.4, -0.2) is 69.6 Å². The number of aliphatic imine (C=N–C) groups is 1. The van der Waals surface area contributed by atoms with Gasteiger partial charge >= 0.3 is 0 Å². The minimum Gasteiger partial charge on any atom is -0.497 e. The van der Waals surface area contributed by atoms with Crippen LogP contribution in [0, 0.1) is 0 Å². The van der Waals surface area contributed by atoms with E-state index in [1.165, 1.54) is 0 Å². The zero-order chi connectivity index (χ0) is 22.9. The number of rotatable bonds is 7. The lowest BCUT2D eigenvalue weighted by molar-refractivity contribution is -0.117. The highest BCUT2D eigenvalue weighted by molar-refractivity contribution is 5.96. The Kier molecular flexibility index (Phi) is 7.91. The Morgan fingerprint density at radius 1 is 1.06 bits per heavy atom. The summed E-state index contributed by atoms with van der Waals surface area (Å²) in [6, 6.07) is 15.3. The number of carbonyl (C=O) groups is 2. The normalized spacial score (nSPS) is 14.1. The fourth-order valence-electron chi connectivity index (χ4n) is 3.54. The number of guanidine groups is 1. The number of anilines is 1. The molecule has 9 nitrogen and oxygen atoms in total. The molecule has 0 unspecified atom stereocenters. The first kappa shape index (κ1) is 22.9. The predicted octanol–water partition coefficient (Wildman–Crippen LogP) is 0.808. The molecule has 0 aromatic heterocycles. The van der Waals surface area contributed by atoms with E-state index in [9.17, 15) is 9.59 Å². The highest BCUT2D eigenvalue weighted by atomic mass is 16.5. The van der Waals surface area contributed by atoms with Crippen molar-refractivity contribution in [1.29, 1.82) is 0 Å². The van der Waals surface area contributed by atoms with Crippen molar-refractivity contribution < 1.29 is 14.3 Å². The van der Waals surface area contributed by atoms with Crippen molar-refractivity contribution >= 4 is 23.5 Å². The fraction of sp³-hybridized carbons (Fsp3) is 0.348. The van der Waals surface area contributed by atoms with Gasteiger partial charge in [0.2, 0.25) is 5.91 Å². The lowest BCUT2D eigenvalue weighted by Crippen LogP contribution is -2.52. The molecule has 1 heterocycles. The maximum absolute atomic E-state index is 12.0. The molecular formula is C23H30N6O3. The second-order valence-electron chi connectivity index (χ2n) is 7.42. The van der Waals surface area contributed by atoms with Crippen LogP contribution in [0.5, 0.6) is 5.75 Å². The fourth-order valence-corrected chi connectivity index (χ4v) is 3.54. The second-order valence-corrected chi connectivity index (χ2v) is 7.42. The monoisotopic (exact) mass is 438 g/mol. The summed E-state index contributed by atoms with van der Waals surface area (Å²) < 4.78 is 5.33. The number of piperazine rings is 1. The van der Waals surface area contributed by atoms with Crippen LogP contribution >= 0.6 is 0 Å². The van der Waals surface area contributed by atoms with Crippen molar-refractivity contribution in [3.05, 3.63) is 59.7 Å². The molecular weight excluding hydrogens is 408 g/mol. The summed E-state index contributed by atoms with van der Waals surface area (Å²) >= 11 is 0. The average molecular weight is 439 g/mol. The van der Waals surface area contributed by atoms with E-state index in [4.69, 9.17) is 10.5 Å². The van der Waals surface area contributed by atoms with Gasteiger partial charge in [-0.3, -0.25) is 14.6 Å². The average Bonchev–Trinajstić information content (AvgIpc) is 2.83. The van der Waals surface area contributed by atoms with Gasteiger partial charge in [0.1, 0.15) is 5.75 Å². The Hall–Kier alpha value is -3.75. The van der Waals surface area contributed by atoms with E-state index < -0.39 is 5.91 Å². The number of benzene rings is 2. The van der Waals surface area contributed by atoms with E-state index in [1.807, 2.05) is 24.3 Å². The third-order valence-corrected chi connectivity index (χ3v) is 5.30. The summed E-state index contributed by atoms with van der Waals surface area (Å²) in [5, 5.41) is 5.87. The molecule has 4 N–H and O–H groups in total. The number of nitrogens with zero attached hydrogens (tertiary/aromatic N) is 3. The molecule has 0 saturated carbocycles. The zero-order valence-electron chi connectivity index (χ0n) is 18.5. The van der Waals surface area contributed by atoms with Crippen molar-refractivity contribution in [2.24, 2.45) is 10.7 Å². The Morgan fingerprint density at radius 2 is 1.78 bits per heavy atom. The number of ether oxygens (including phenoxy) is 1. The molecule has 32 heavy (non-hydrogen) atoms. The smallest absolute Gasteiger partial charge is 0.251 e. The molecule has 1 aliphatic rings. The zero-order valence-corrected chi connectivity index (χ0v) is 18.5. The number of primary amides is 1. The van der Waals surface area contributed by atoms with Gasteiger partial charge in [-0.1, -0.05) is 18.2 Å². The van der Waals surface area contributed by atoms with Gasteiger partial charge < -0.3 is 30.9 Å². The Labute approximate surface area is 188 Å². The van der Waals surface area contributed by atoms with Crippen LogP contribution in [0.3, 0.4) is 0 Å². The first-order valence-corrected chi connectivity index (χ1v) is 10.5. The van der Waals surface area contributed by atoms with Gasteiger partial charge in [0, 0.05) is 57.1 Å². The minimum absolute atomic E-state index is 0.177. The largest absolute Gasteiger partial charge is 0.497 e. The van der Waals surface area contributed by atoms with Gasteiger partial charge in [-0.25, -0.2) is 0 Å². The summed E-state index contributed by atoms with van der Waals surface area (Å²) in [4.78, 5) is 31.8. The Balaban J connectivity index is 1.50. The third kappa shape index (κ3) is 6.13. The summed E-state index contributed by atoms with van der Waals surface area (Å²) in [6.45, 7) is 3.91. The highest BCUT2D eigenvalue weighted by Crippen LogP contribution is 2.22. The van der Waals surface area contributed by atoms with Crippen LogP contribution in [0.15, 0.2) is 53.5 Å². The summed E-state index contributed by atoms with van der Waals surface area (Å²) in [6.07, 6.45) is 0. The number of nitrogens with one attached hydrogen (secondary N) is 2. The molecule has 2 amide bonds. The Bertz CT molecular complexity index is 952. The van der Waals surface area contributed by atoms with Crippen molar-refractivity contribution in [1.82, 2.24) is 15.5 Å². The number of amides is 2. The molecule has 0 spiro atoms. The van der Waals surface area contributed by atoms with Crippen LogP contribution in [0.2, 0.25) is 0 Å². The van der Waals surface area contributed by atoms with Gasteiger partial charge in [0.05, 0.1) is 13.7 Å². The first-order chi connectivity index (χ1) is 15.5. The molecule has 1 aliphatic heterocycles. The maximum atomic E-state index is 12.0. The van der Waals surface area contributed by atoms with Gasteiger partial charge in [-0.15, -0.1) is 0 Å². The number of methoxy groups -OCH3 is 1. The summed E-state index contributed by atoms with van der Waals surface area (Å²) in [5.74, 6) is 0.806. The number of hydrogen-bond donors (Lipinski definition) is 3. The lowest BCUT2D eigenvalue weighted by atomic mass is 10.1. The molecule has 1 saturated heterocycles. The first-order valence-electron chi connectivity index (χ1n) is 10.5. The van der Waals surface area contributed by atoms with Crippen LogP contribution in [0.4, 0.5) is 5.69 Å². The molecule has 2 aromatic rings. The molecule has 0 radical (unpaired) electrons. The predicted molar refractivity (Wildman–Crippen MR) is 125 cm³/mol. The van der Waals surface area contributed by atoms with E-state index >= 15 is 0 Å². The number of hydrogen-bond acceptors (Lipinski definition) is 5. The molecule has 0 bridgehead atoms. The van der Waals surface area contributed by atoms with E-state index in [2.05, 4.69) is 37.6 Å². The van der Waals surface area contributed by atoms with E-state index in [-0.39, 0.29) is 12.5 Å². The van der Waals surface area contributed by atoms with E-state index in [0.29, 0.717) is 12.1 Å². The van der Waals surface area contributed by atoms with Crippen molar-refractivity contribution in [2.45, 2.75) is 6.54 Å². The van der Waals surface area contributed by atoms with E-state index in [0.717, 1.165) is 49.1 Å². The second kappa shape index (κ2) is 11.0. The highest BCUT2D eigenvalue weighted by Gasteiger charge is 2.20. The van der Waals surface area contributed by atoms with Gasteiger partial charge in [0.25, 0.3) is 5.91 Å². The molecule has 3 rings (SSSR count). The summed E-state index contributed by atoms with van der Waals surface area (Å²) in [7, 11) is 3.46. The van der Waals surface area contributed by atoms with Crippen LogP contribution in [0.1, 0.15) is 15.9 Å². The minimum atomic E-state index is -0.574. The third-order valence-electron chi connectivity index (χ3n) is 5.30. The number of nitrogens with two attached hydrogens (primary N) is 1. The van der Waals surface area contributed by atoms with Gasteiger partial charge in [0.15, 0.2) is 5.96 Å². The lowest BCUT2D eigenvalue weighted by Gasteiger charge is -2.37. The molecule has 9 heteroatoms. The topological polar surface area (TPSA) is 112 Å². The van der Waals surface area contributed by atoms with Crippen molar-refractivity contribution in [3.63, 3.8) is 0 Å². The standard InChI is InChI=1S/C23H30N6O3/c1-25-23(27-15-17-6-8-18(9-7-17)22(31)26-16-21(24)30)29-12-10-28(11-13-29)19-4-3-5-20(14-19)32-2/h3-9,14H,10-13,15-16H2,1-2H3,(H2,24,30)(H,25,27)(H,26,31). The quantitative estimate of drug-likeness (QED) is 0.436. The SMILES string of the molecule is CN=C(NCc1ccc(C(=O)NCC(N)=O)cc1)N1CCN(c2cccc(OC)c2)CC1. The molecule has 170 valence electrons.